The molecule has 0 spiro atoms. The third kappa shape index (κ3) is 2.41. The van der Waals surface area contributed by atoms with Crippen molar-refractivity contribution in [2.75, 3.05) is 0 Å². The van der Waals surface area contributed by atoms with Crippen LogP contribution in [0, 0.1) is 5.92 Å². The molecule has 0 heterocycles. The monoisotopic (exact) mass is 292 g/mol. The van der Waals surface area contributed by atoms with E-state index in [0.29, 0.717) is 6.92 Å². The summed E-state index contributed by atoms with van der Waals surface area (Å²) in [6.45, 7) is 0.507. The summed E-state index contributed by atoms with van der Waals surface area (Å²) in [6.07, 6.45) is -6.73. The van der Waals surface area contributed by atoms with Crippen molar-refractivity contribution in [3.8, 4) is 0 Å². The summed E-state index contributed by atoms with van der Waals surface area (Å²) in [5.74, 6) is -20.9. The molecule has 0 radical (unpaired) electrons. The standard InChI is InChI=1S/C7H9F9Si/c1-3(2-17)4(8,9)5(10,11)6(12,13)7(14,15)16/h3H,2H2,1,17H3. The van der Waals surface area contributed by atoms with E-state index in [9.17, 15) is 39.5 Å². The Balaban J connectivity index is 5.55. The molecule has 1 atom stereocenters. The zero-order valence-electron chi connectivity index (χ0n) is 8.69. The topological polar surface area (TPSA) is 0 Å². The van der Waals surface area contributed by atoms with Crippen molar-refractivity contribution in [3.63, 3.8) is 0 Å². The molecule has 0 N–H and O–H groups in total. The Morgan fingerprint density at radius 2 is 1.18 bits per heavy atom. The highest BCUT2D eigenvalue weighted by atomic mass is 28.1. The molecular formula is C7H9F9Si. The van der Waals surface area contributed by atoms with E-state index in [1.54, 1.807) is 0 Å². The van der Waals surface area contributed by atoms with Gasteiger partial charge in [0.1, 0.15) is 0 Å². The Labute approximate surface area is 93.6 Å². The Hall–Kier alpha value is -0.413. The van der Waals surface area contributed by atoms with Crippen molar-refractivity contribution in [3.05, 3.63) is 0 Å². The maximum atomic E-state index is 12.9. The number of hydrogen-bond acceptors (Lipinski definition) is 0. The van der Waals surface area contributed by atoms with Crippen LogP contribution in [0.25, 0.3) is 0 Å². The van der Waals surface area contributed by atoms with E-state index in [0.717, 1.165) is 0 Å². The average molecular weight is 292 g/mol. The van der Waals surface area contributed by atoms with Crippen molar-refractivity contribution >= 4 is 10.2 Å². The van der Waals surface area contributed by atoms with Gasteiger partial charge in [0.15, 0.2) is 0 Å². The van der Waals surface area contributed by atoms with Crippen LogP contribution in [0.4, 0.5) is 39.5 Å². The van der Waals surface area contributed by atoms with E-state index in [-0.39, 0.29) is 10.2 Å². The van der Waals surface area contributed by atoms with E-state index in [1.165, 1.54) is 0 Å². The summed E-state index contributed by atoms with van der Waals surface area (Å²) in [7, 11) is -0.0260. The summed E-state index contributed by atoms with van der Waals surface area (Å²) in [5.41, 5.74) is 0. The Morgan fingerprint density at radius 1 is 0.824 bits per heavy atom. The first-order valence-corrected chi connectivity index (χ1v) is 5.85. The van der Waals surface area contributed by atoms with Gasteiger partial charge < -0.3 is 0 Å². The van der Waals surface area contributed by atoms with Crippen LogP contribution in [0.5, 0.6) is 0 Å². The molecule has 104 valence electrons. The second kappa shape index (κ2) is 4.36. The molecule has 17 heavy (non-hydrogen) atoms. The first kappa shape index (κ1) is 16.6. The van der Waals surface area contributed by atoms with Gasteiger partial charge in [-0.25, -0.2) is 0 Å². The second-order valence-electron chi connectivity index (χ2n) is 3.58. The molecule has 0 saturated carbocycles. The fourth-order valence-electron chi connectivity index (χ4n) is 0.953. The van der Waals surface area contributed by atoms with Crippen molar-refractivity contribution in [2.24, 2.45) is 5.92 Å². The second-order valence-corrected chi connectivity index (χ2v) is 4.40. The maximum absolute atomic E-state index is 12.9. The molecule has 0 aliphatic carbocycles. The Morgan fingerprint density at radius 3 is 1.41 bits per heavy atom. The minimum absolute atomic E-state index is 0.0260. The molecule has 0 bridgehead atoms. The van der Waals surface area contributed by atoms with Crippen molar-refractivity contribution < 1.29 is 39.5 Å². The molecular weight excluding hydrogens is 283 g/mol. The minimum Gasteiger partial charge on any atom is -0.199 e. The van der Waals surface area contributed by atoms with Gasteiger partial charge in [0, 0.05) is 16.2 Å². The predicted molar refractivity (Wildman–Crippen MR) is 44.8 cm³/mol. The summed E-state index contributed by atoms with van der Waals surface area (Å²) in [6, 6.07) is -0.531. The average Bonchev–Trinajstić information content (AvgIpc) is 2.13. The summed E-state index contributed by atoms with van der Waals surface area (Å²) in [4.78, 5) is 0. The highest BCUT2D eigenvalue weighted by Gasteiger charge is 2.82. The van der Waals surface area contributed by atoms with Crippen molar-refractivity contribution in [2.45, 2.75) is 36.9 Å². The van der Waals surface area contributed by atoms with Crippen LogP contribution in [-0.4, -0.2) is 34.2 Å². The molecule has 0 aromatic rings. The first-order chi connectivity index (χ1) is 7.23. The van der Waals surface area contributed by atoms with Gasteiger partial charge in [0.05, 0.1) is 0 Å². The molecule has 0 amide bonds. The minimum atomic E-state index is -6.77. The fraction of sp³-hybridized carbons (Fsp3) is 1.00. The molecule has 1 unspecified atom stereocenters. The molecule has 0 rings (SSSR count). The van der Waals surface area contributed by atoms with E-state index < -0.39 is 35.9 Å². The Kier molecular flexibility index (Phi) is 4.25. The van der Waals surface area contributed by atoms with Crippen LogP contribution in [0.2, 0.25) is 6.04 Å². The van der Waals surface area contributed by atoms with Gasteiger partial charge in [0.25, 0.3) is 0 Å². The normalized spacial score (nSPS) is 17.3. The lowest BCUT2D eigenvalue weighted by Crippen LogP contribution is -2.62. The van der Waals surface area contributed by atoms with Gasteiger partial charge in [-0.2, -0.15) is 39.5 Å². The van der Waals surface area contributed by atoms with Crippen molar-refractivity contribution in [1.82, 2.24) is 0 Å². The van der Waals surface area contributed by atoms with Gasteiger partial charge in [0.2, 0.25) is 0 Å². The highest BCUT2D eigenvalue weighted by Crippen LogP contribution is 2.55. The van der Waals surface area contributed by atoms with Crippen LogP contribution in [0.3, 0.4) is 0 Å². The van der Waals surface area contributed by atoms with E-state index >= 15 is 0 Å². The summed E-state index contributed by atoms with van der Waals surface area (Å²) >= 11 is 0. The smallest absolute Gasteiger partial charge is 0.199 e. The lowest BCUT2D eigenvalue weighted by molar-refractivity contribution is -0.401. The number of halogens is 9. The third-order valence-electron chi connectivity index (χ3n) is 2.40. The predicted octanol–water partition coefficient (Wildman–Crippen LogP) is 2.87. The van der Waals surface area contributed by atoms with Crippen LogP contribution < -0.4 is 0 Å². The molecule has 0 nitrogen and oxygen atoms in total. The van der Waals surface area contributed by atoms with E-state index in [4.69, 9.17) is 0 Å². The third-order valence-corrected chi connectivity index (χ3v) is 3.63. The molecule has 0 aromatic carbocycles. The van der Waals surface area contributed by atoms with Crippen LogP contribution >= 0.6 is 0 Å². The molecule has 0 fully saturated rings. The quantitative estimate of drug-likeness (QED) is 0.552. The van der Waals surface area contributed by atoms with Gasteiger partial charge in [-0.05, 0) is 0 Å². The summed E-state index contributed by atoms with van der Waals surface area (Å²) < 4.78 is 111. The number of hydrogen-bond donors (Lipinski definition) is 0. The van der Waals surface area contributed by atoms with Gasteiger partial charge in [-0.15, -0.1) is 0 Å². The summed E-state index contributed by atoms with van der Waals surface area (Å²) in [5, 5.41) is 0. The lowest BCUT2D eigenvalue weighted by Gasteiger charge is -2.36. The van der Waals surface area contributed by atoms with Crippen LogP contribution in [0.1, 0.15) is 6.92 Å². The molecule has 0 aliphatic rings. The molecule has 0 aromatic heterocycles. The van der Waals surface area contributed by atoms with Crippen LogP contribution in [0.15, 0.2) is 0 Å². The maximum Gasteiger partial charge on any atom is 0.460 e. The van der Waals surface area contributed by atoms with Gasteiger partial charge in [-0.1, -0.05) is 13.0 Å². The molecule has 10 heteroatoms. The fourth-order valence-corrected chi connectivity index (χ4v) is 1.47. The lowest BCUT2D eigenvalue weighted by atomic mass is 9.94. The Bertz CT molecular complexity index is 269. The zero-order valence-corrected chi connectivity index (χ0v) is 10.7. The van der Waals surface area contributed by atoms with Crippen LogP contribution in [-0.2, 0) is 0 Å². The van der Waals surface area contributed by atoms with E-state index in [2.05, 4.69) is 0 Å². The largest absolute Gasteiger partial charge is 0.460 e. The molecule has 0 aliphatic heterocycles. The number of rotatable bonds is 4. The first-order valence-electron chi connectivity index (χ1n) is 4.43. The van der Waals surface area contributed by atoms with Gasteiger partial charge in [-0.3, -0.25) is 0 Å². The zero-order chi connectivity index (χ0) is 14.3. The van der Waals surface area contributed by atoms with Crippen molar-refractivity contribution in [1.29, 1.82) is 0 Å². The number of alkyl halides is 9. The van der Waals surface area contributed by atoms with Gasteiger partial charge >= 0.3 is 23.9 Å². The highest BCUT2D eigenvalue weighted by molar-refractivity contribution is 6.08. The molecule has 0 saturated heterocycles. The van der Waals surface area contributed by atoms with E-state index in [1.807, 2.05) is 0 Å². The SMILES string of the molecule is CC(C[SiH3])C(F)(F)C(F)(F)C(F)(F)C(F)(F)F.